The van der Waals surface area contributed by atoms with Crippen LogP contribution in [0.3, 0.4) is 0 Å². The predicted molar refractivity (Wildman–Crippen MR) is 91.2 cm³/mol. The largest absolute Gasteiger partial charge is 0.378 e. The van der Waals surface area contributed by atoms with E-state index in [9.17, 15) is 0 Å². The van der Waals surface area contributed by atoms with Crippen LogP contribution >= 0.6 is 0 Å². The first-order chi connectivity index (χ1) is 10.8. The first kappa shape index (κ1) is 15.1. The topological polar surface area (TPSA) is 24.5 Å². The number of anilines is 1. The third kappa shape index (κ3) is 4.09. The fourth-order valence-electron chi connectivity index (χ4n) is 2.70. The van der Waals surface area contributed by atoms with Gasteiger partial charge in [-0.1, -0.05) is 42.0 Å². The maximum absolute atomic E-state index is 5.40. The summed E-state index contributed by atoms with van der Waals surface area (Å²) in [6.07, 6.45) is 0. The summed E-state index contributed by atoms with van der Waals surface area (Å²) < 4.78 is 5.40. The molecule has 1 aliphatic heterocycles. The Bertz CT molecular complexity index is 571. The molecule has 0 amide bonds. The van der Waals surface area contributed by atoms with Gasteiger partial charge in [-0.25, -0.2) is 0 Å². The number of ether oxygens (including phenoxy) is 1. The molecular formula is C19H24N2O. The Morgan fingerprint density at radius 2 is 1.41 bits per heavy atom. The van der Waals surface area contributed by atoms with Crippen LogP contribution in [0.4, 0.5) is 5.69 Å². The molecule has 0 unspecified atom stereocenters. The van der Waals surface area contributed by atoms with E-state index in [1.165, 1.54) is 22.4 Å². The van der Waals surface area contributed by atoms with E-state index >= 15 is 0 Å². The normalized spacial score (nSPS) is 15.0. The van der Waals surface area contributed by atoms with Gasteiger partial charge in [-0.3, -0.25) is 0 Å². The van der Waals surface area contributed by atoms with Gasteiger partial charge in [0.2, 0.25) is 0 Å². The Labute approximate surface area is 132 Å². The van der Waals surface area contributed by atoms with Crippen LogP contribution in [0.2, 0.25) is 0 Å². The molecule has 0 bridgehead atoms. The molecule has 22 heavy (non-hydrogen) atoms. The van der Waals surface area contributed by atoms with Crippen LogP contribution < -0.4 is 10.2 Å². The molecule has 0 aliphatic carbocycles. The third-order valence-electron chi connectivity index (χ3n) is 4.09. The van der Waals surface area contributed by atoms with Gasteiger partial charge >= 0.3 is 0 Å². The number of aryl methyl sites for hydroxylation is 1. The highest BCUT2D eigenvalue weighted by Crippen LogP contribution is 2.16. The van der Waals surface area contributed by atoms with Crippen molar-refractivity contribution in [3.8, 4) is 0 Å². The number of hydrogen-bond donors (Lipinski definition) is 1. The molecule has 0 spiro atoms. The highest BCUT2D eigenvalue weighted by atomic mass is 16.5. The Hall–Kier alpha value is -1.84. The molecule has 1 aliphatic rings. The SMILES string of the molecule is Cc1ccc(CNCc2ccc(N3CCOCC3)cc2)cc1. The molecule has 1 fully saturated rings. The molecule has 3 heteroatoms. The van der Waals surface area contributed by atoms with Gasteiger partial charge in [0.15, 0.2) is 0 Å². The van der Waals surface area contributed by atoms with Crippen molar-refractivity contribution >= 4 is 5.69 Å². The number of hydrogen-bond acceptors (Lipinski definition) is 3. The van der Waals surface area contributed by atoms with E-state index in [4.69, 9.17) is 4.74 Å². The van der Waals surface area contributed by atoms with Crippen LogP contribution in [0.15, 0.2) is 48.5 Å². The van der Waals surface area contributed by atoms with Crippen molar-refractivity contribution in [1.82, 2.24) is 5.32 Å². The molecule has 3 nitrogen and oxygen atoms in total. The van der Waals surface area contributed by atoms with Gasteiger partial charge in [0.1, 0.15) is 0 Å². The van der Waals surface area contributed by atoms with E-state index in [1.54, 1.807) is 0 Å². The summed E-state index contributed by atoms with van der Waals surface area (Å²) in [6, 6.07) is 17.6. The summed E-state index contributed by atoms with van der Waals surface area (Å²) >= 11 is 0. The lowest BCUT2D eigenvalue weighted by Crippen LogP contribution is -2.36. The first-order valence-electron chi connectivity index (χ1n) is 7.99. The second-order valence-corrected chi connectivity index (χ2v) is 5.86. The van der Waals surface area contributed by atoms with Crippen LogP contribution in [0.5, 0.6) is 0 Å². The molecule has 3 rings (SSSR count). The number of morpholine rings is 1. The average Bonchev–Trinajstić information content (AvgIpc) is 2.58. The minimum atomic E-state index is 0.833. The molecule has 2 aromatic rings. The maximum Gasteiger partial charge on any atom is 0.0642 e. The number of nitrogens with one attached hydrogen (secondary N) is 1. The van der Waals surface area contributed by atoms with E-state index in [0.29, 0.717) is 0 Å². The zero-order valence-corrected chi connectivity index (χ0v) is 13.2. The average molecular weight is 296 g/mol. The number of nitrogens with zero attached hydrogens (tertiary/aromatic N) is 1. The minimum absolute atomic E-state index is 0.833. The van der Waals surface area contributed by atoms with Crippen LogP contribution in [-0.2, 0) is 17.8 Å². The quantitative estimate of drug-likeness (QED) is 0.917. The van der Waals surface area contributed by atoms with Gasteiger partial charge in [0, 0.05) is 31.9 Å². The second-order valence-electron chi connectivity index (χ2n) is 5.86. The number of benzene rings is 2. The van der Waals surface area contributed by atoms with Crippen molar-refractivity contribution in [1.29, 1.82) is 0 Å². The fraction of sp³-hybridized carbons (Fsp3) is 0.368. The Morgan fingerprint density at radius 3 is 2.00 bits per heavy atom. The smallest absolute Gasteiger partial charge is 0.0642 e. The van der Waals surface area contributed by atoms with E-state index in [1.807, 2.05) is 0 Å². The predicted octanol–water partition coefficient (Wildman–Crippen LogP) is 3.12. The van der Waals surface area contributed by atoms with Crippen molar-refractivity contribution in [2.75, 3.05) is 31.2 Å². The standard InChI is InChI=1S/C19H24N2O/c1-16-2-4-17(5-3-16)14-20-15-18-6-8-19(9-7-18)21-10-12-22-13-11-21/h2-9,20H,10-15H2,1H3. The van der Waals surface area contributed by atoms with E-state index < -0.39 is 0 Å². The van der Waals surface area contributed by atoms with E-state index in [-0.39, 0.29) is 0 Å². The third-order valence-corrected chi connectivity index (χ3v) is 4.09. The van der Waals surface area contributed by atoms with E-state index in [2.05, 4.69) is 65.7 Å². The van der Waals surface area contributed by atoms with Gasteiger partial charge < -0.3 is 15.0 Å². The lowest BCUT2D eigenvalue weighted by molar-refractivity contribution is 0.122. The monoisotopic (exact) mass is 296 g/mol. The Balaban J connectivity index is 1.49. The zero-order valence-electron chi connectivity index (χ0n) is 13.2. The van der Waals surface area contributed by atoms with E-state index in [0.717, 1.165) is 39.4 Å². The summed E-state index contributed by atoms with van der Waals surface area (Å²) in [5.41, 5.74) is 5.26. The lowest BCUT2D eigenvalue weighted by atomic mass is 10.1. The molecule has 0 saturated carbocycles. The summed E-state index contributed by atoms with van der Waals surface area (Å²) in [6.45, 7) is 7.58. The van der Waals surface area contributed by atoms with Gasteiger partial charge in [-0.2, -0.15) is 0 Å². The molecule has 1 N–H and O–H groups in total. The zero-order chi connectivity index (χ0) is 15.2. The molecule has 0 aromatic heterocycles. The van der Waals surface area contributed by atoms with Gasteiger partial charge in [-0.05, 0) is 30.2 Å². The summed E-state index contributed by atoms with van der Waals surface area (Å²) in [7, 11) is 0. The van der Waals surface area contributed by atoms with Gasteiger partial charge in [0.05, 0.1) is 13.2 Å². The summed E-state index contributed by atoms with van der Waals surface area (Å²) in [4.78, 5) is 2.38. The molecule has 1 saturated heterocycles. The molecule has 116 valence electrons. The highest BCUT2D eigenvalue weighted by Gasteiger charge is 2.10. The Kier molecular flexibility index (Phi) is 5.09. The van der Waals surface area contributed by atoms with Crippen molar-refractivity contribution in [2.45, 2.75) is 20.0 Å². The van der Waals surface area contributed by atoms with Crippen molar-refractivity contribution in [3.63, 3.8) is 0 Å². The Morgan fingerprint density at radius 1 is 0.864 bits per heavy atom. The first-order valence-corrected chi connectivity index (χ1v) is 7.99. The molecule has 1 heterocycles. The van der Waals surface area contributed by atoms with Crippen LogP contribution in [-0.4, -0.2) is 26.3 Å². The van der Waals surface area contributed by atoms with Gasteiger partial charge in [-0.15, -0.1) is 0 Å². The molecular weight excluding hydrogens is 272 g/mol. The second kappa shape index (κ2) is 7.43. The maximum atomic E-state index is 5.40. The van der Waals surface area contributed by atoms with Crippen molar-refractivity contribution < 1.29 is 4.74 Å². The fourth-order valence-corrected chi connectivity index (χ4v) is 2.70. The number of rotatable bonds is 5. The van der Waals surface area contributed by atoms with Crippen LogP contribution in [0.25, 0.3) is 0 Å². The van der Waals surface area contributed by atoms with Crippen molar-refractivity contribution in [3.05, 3.63) is 65.2 Å². The summed E-state index contributed by atoms with van der Waals surface area (Å²) in [5, 5.41) is 3.50. The summed E-state index contributed by atoms with van der Waals surface area (Å²) in [5.74, 6) is 0. The van der Waals surface area contributed by atoms with Crippen molar-refractivity contribution in [2.24, 2.45) is 0 Å². The van der Waals surface area contributed by atoms with Crippen LogP contribution in [0.1, 0.15) is 16.7 Å². The molecule has 0 atom stereocenters. The molecule has 0 radical (unpaired) electrons. The highest BCUT2D eigenvalue weighted by molar-refractivity contribution is 5.47. The lowest BCUT2D eigenvalue weighted by Gasteiger charge is -2.28. The van der Waals surface area contributed by atoms with Crippen LogP contribution in [0, 0.1) is 6.92 Å². The van der Waals surface area contributed by atoms with Gasteiger partial charge in [0.25, 0.3) is 0 Å². The minimum Gasteiger partial charge on any atom is -0.378 e. The molecule has 2 aromatic carbocycles.